The number of hydrogen-bond donors (Lipinski definition) is 3. The molecule has 0 radical (unpaired) electrons. The highest BCUT2D eigenvalue weighted by atomic mass is 127. The smallest absolute Gasteiger partial charge is 0.225 e. The SMILES string of the molecule is CN=C(NCCNC(=O)C(C)(C)C)NC1CC2CCC(C1)N2Cc1ccccc1.I. The Bertz CT molecular complexity index is 689. The molecule has 2 bridgehead atoms. The molecule has 1 aromatic carbocycles. The Morgan fingerprint density at radius 2 is 1.67 bits per heavy atom. The number of piperidine rings is 1. The lowest BCUT2D eigenvalue weighted by atomic mass is 9.96. The van der Waals surface area contributed by atoms with E-state index < -0.39 is 0 Å². The molecule has 0 saturated carbocycles. The normalized spacial score (nSPS) is 24.1. The highest BCUT2D eigenvalue weighted by Gasteiger charge is 2.40. The number of halogens is 1. The van der Waals surface area contributed by atoms with Gasteiger partial charge in [0.1, 0.15) is 0 Å². The molecule has 2 aliphatic rings. The molecular formula is C23H38IN5O. The summed E-state index contributed by atoms with van der Waals surface area (Å²) in [6.07, 6.45) is 4.90. The first kappa shape index (κ1) is 24.9. The van der Waals surface area contributed by atoms with Gasteiger partial charge in [-0.25, -0.2) is 0 Å². The van der Waals surface area contributed by atoms with E-state index in [0.29, 0.717) is 31.2 Å². The quantitative estimate of drug-likeness (QED) is 0.230. The highest BCUT2D eigenvalue weighted by molar-refractivity contribution is 14.0. The van der Waals surface area contributed by atoms with Crippen LogP contribution in [0.3, 0.4) is 0 Å². The second-order valence-corrected chi connectivity index (χ2v) is 9.36. The number of fused-ring (bicyclic) bond motifs is 2. The fourth-order valence-electron chi connectivity index (χ4n) is 4.45. The largest absolute Gasteiger partial charge is 0.355 e. The van der Waals surface area contributed by atoms with Crippen LogP contribution in [0, 0.1) is 5.41 Å². The summed E-state index contributed by atoms with van der Waals surface area (Å²) < 4.78 is 0. The summed E-state index contributed by atoms with van der Waals surface area (Å²) in [5.41, 5.74) is 1.05. The molecule has 3 rings (SSSR count). The minimum Gasteiger partial charge on any atom is -0.355 e. The summed E-state index contributed by atoms with van der Waals surface area (Å²) in [6, 6.07) is 12.6. The average molecular weight is 527 g/mol. The number of aliphatic imine (C=N–C) groups is 1. The lowest BCUT2D eigenvalue weighted by Crippen LogP contribution is -2.53. The molecule has 0 aromatic heterocycles. The fraction of sp³-hybridized carbons (Fsp3) is 0.652. The third kappa shape index (κ3) is 6.83. The lowest BCUT2D eigenvalue weighted by molar-refractivity contribution is -0.128. The topological polar surface area (TPSA) is 68.8 Å². The van der Waals surface area contributed by atoms with E-state index in [1.54, 1.807) is 0 Å². The molecule has 1 aromatic rings. The zero-order valence-corrected chi connectivity index (χ0v) is 21.1. The van der Waals surface area contributed by atoms with Gasteiger partial charge >= 0.3 is 0 Å². The van der Waals surface area contributed by atoms with Gasteiger partial charge in [0.05, 0.1) is 0 Å². The van der Waals surface area contributed by atoms with Gasteiger partial charge in [0.15, 0.2) is 5.96 Å². The summed E-state index contributed by atoms with van der Waals surface area (Å²) in [5.74, 6) is 0.903. The maximum Gasteiger partial charge on any atom is 0.225 e. The van der Waals surface area contributed by atoms with E-state index in [2.05, 4.69) is 56.2 Å². The third-order valence-corrected chi connectivity index (χ3v) is 6.04. The van der Waals surface area contributed by atoms with Gasteiger partial charge in [-0.1, -0.05) is 51.1 Å². The number of guanidine groups is 1. The Morgan fingerprint density at radius 1 is 1.07 bits per heavy atom. The fourth-order valence-corrected chi connectivity index (χ4v) is 4.45. The zero-order chi connectivity index (χ0) is 20.9. The first-order chi connectivity index (χ1) is 13.9. The van der Waals surface area contributed by atoms with Crippen LogP contribution in [0.1, 0.15) is 52.0 Å². The number of benzene rings is 1. The number of amides is 1. The van der Waals surface area contributed by atoms with Crippen LogP contribution >= 0.6 is 24.0 Å². The standard InChI is InChI=1S/C23H37N5O.HI/c1-23(2,3)21(29)25-12-13-26-22(24-4)27-18-14-19-10-11-20(15-18)28(19)16-17-8-6-5-7-9-17;/h5-9,18-20H,10-16H2,1-4H3,(H,25,29)(H2,24,26,27);1H. The molecule has 1 amide bonds. The number of carbonyl (C=O) groups excluding carboxylic acids is 1. The molecule has 2 unspecified atom stereocenters. The summed E-state index contributed by atoms with van der Waals surface area (Å²) in [4.78, 5) is 19.0. The van der Waals surface area contributed by atoms with Crippen molar-refractivity contribution in [2.75, 3.05) is 20.1 Å². The summed E-state index contributed by atoms with van der Waals surface area (Å²) in [7, 11) is 1.81. The Labute approximate surface area is 198 Å². The first-order valence-corrected chi connectivity index (χ1v) is 10.9. The van der Waals surface area contributed by atoms with E-state index in [0.717, 1.165) is 25.3 Å². The zero-order valence-electron chi connectivity index (χ0n) is 18.8. The van der Waals surface area contributed by atoms with Crippen molar-refractivity contribution in [1.82, 2.24) is 20.9 Å². The molecule has 6 nitrogen and oxygen atoms in total. The van der Waals surface area contributed by atoms with Gasteiger partial charge in [0.2, 0.25) is 5.91 Å². The molecule has 7 heteroatoms. The van der Waals surface area contributed by atoms with Gasteiger partial charge in [-0.05, 0) is 31.2 Å². The molecule has 2 fully saturated rings. The molecule has 30 heavy (non-hydrogen) atoms. The lowest BCUT2D eigenvalue weighted by Gasteiger charge is -2.39. The second kappa shape index (κ2) is 11.3. The molecule has 0 spiro atoms. The van der Waals surface area contributed by atoms with E-state index in [1.165, 1.54) is 18.4 Å². The Hall–Kier alpha value is -1.35. The first-order valence-electron chi connectivity index (χ1n) is 10.9. The van der Waals surface area contributed by atoms with E-state index >= 15 is 0 Å². The predicted octanol–water partition coefficient (Wildman–Crippen LogP) is 3.13. The number of nitrogens with one attached hydrogen (secondary N) is 3. The molecule has 2 atom stereocenters. The van der Waals surface area contributed by atoms with Crippen LogP contribution in [-0.4, -0.2) is 55.0 Å². The summed E-state index contributed by atoms with van der Waals surface area (Å²) in [6.45, 7) is 8.10. The number of carbonyl (C=O) groups is 1. The van der Waals surface area contributed by atoms with Crippen molar-refractivity contribution in [1.29, 1.82) is 0 Å². The van der Waals surface area contributed by atoms with Crippen LogP contribution in [-0.2, 0) is 11.3 Å². The number of nitrogens with zero attached hydrogens (tertiary/aromatic N) is 2. The minimum atomic E-state index is -0.354. The van der Waals surface area contributed by atoms with Crippen molar-refractivity contribution < 1.29 is 4.79 Å². The van der Waals surface area contributed by atoms with E-state index in [1.807, 2.05) is 27.8 Å². The second-order valence-electron chi connectivity index (χ2n) is 9.36. The van der Waals surface area contributed by atoms with Gasteiger partial charge < -0.3 is 16.0 Å². The molecular weight excluding hydrogens is 489 g/mol. The average Bonchev–Trinajstić information content (AvgIpc) is 2.92. The van der Waals surface area contributed by atoms with E-state index in [4.69, 9.17) is 0 Å². The van der Waals surface area contributed by atoms with Gasteiger partial charge in [-0.15, -0.1) is 24.0 Å². The van der Waals surface area contributed by atoms with Gasteiger partial charge in [-0.3, -0.25) is 14.7 Å². The van der Waals surface area contributed by atoms with Crippen molar-refractivity contribution >= 4 is 35.8 Å². The van der Waals surface area contributed by atoms with Crippen molar-refractivity contribution in [3.63, 3.8) is 0 Å². The van der Waals surface area contributed by atoms with Gasteiger partial charge in [0, 0.05) is 50.2 Å². The van der Waals surface area contributed by atoms with Crippen molar-refractivity contribution in [3.05, 3.63) is 35.9 Å². The molecule has 168 valence electrons. The molecule has 2 saturated heterocycles. The number of rotatable bonds is 6. The Kier molecular flexibility index (Phi) is 9.40. The van der Waals surface area contributed by atoms with Crippen LogP contribution < -0.4 is 16.0 Å². The monoisotopic (exact) mass is 527 g/mol. The molecule has 3 N–H and O–H groups in total. The maximum absolute atomic E-state index is 11.9. The molecule has 2 heterocycles. The summed E-state index contributed by atoms with van der Waals surface area (Å²) in [5, 5.41) is 9.91. The summed E-state index contributed by atoms with van der Waals surface area (Å²) >= 11 is 0. The molecule has 0 aliphatic carbocycles. The van der Waals surface area contributed by atoms with Crippen LogP contribution in [0.15, 0.2) is 35.3 Å². The predicted molar refractivity (Wildman–Crippen MR) is 134 cm³/mol. The Morgan fingerprint density at radius 3 is 2.23 bits per heavy atom. The third-order valence-electron chi connectivity index (χ3n) is 6.04. The van der Waals surface area contributed by atoms with Crippen molar-refractivity contribution in [2.45, 2.75) is 71.1 Å². The van der Waals surface area contributed by atoms with Gasteiger partial charge in [-0.2, -0.15) is 0 Å². The highest BCUT2D eigenvalue weighted by Crippen LogP contribution is 2.36. The Balaban J connectivity index is 0.00000320. The van der Waals surface area contributed by atoms with Crippen molar-refractivity contribution in [2.24, 2.45) is 10.4 Å². The van der Waals surface area contributed by atoms with Gasteiger partial charge in [0.25, 0.3) is 0 Å². The maximum atomic E-state index is 11.9. The van der Waals surface area contributed by atoms with E-state index in [-0.39, 0.29) is 35.3 Å². The van der Waals surface area contributed by atoms with Crippen LogP contribution in [0.2, 0.25) is 0 Å². The minimum absolute atomic E-state index is 0. The van der Waals surface area contributed by atoms with Crippen molar-refractivity contribution in [3.8, 4) is 0 Å². The number of hydrogen-bond acceptors (Lipinski definition) is 3. The van der Waals surface area contributed by atoms with Crippen LogP contribution in [0.25, 0.3) is 0 Å². The van der Waals surface area contributed by atoms with E-state index in [9.17, 15) is 4.79 Å². The van der Waals surface area contributed by atoms with Crippen LogP contribution in [0.4, 0.5) is 0 Å². The molecule has 2 aliphatic heterocycles. The van der Waals surface area contributed by atoms with Crippen LogP contribution in [0.5, 0.6) is 0 Å².